The SMILES string of the molecule is Cc1ccc([C@@H](O)CC(=O)CC(=O)OC(C)C)cc1. The molecular formula is C15H20O4. The lowest BCUT2D eigenvalue weighted by Crippen LogP contribution is -2.17. The van der Waals surface area contributed by atoms with E-state index in [9.17, 15) is 14.7 Å². The van der Waals surface area contributed by atoms with E-state index in [1.54, 1.807) is 26.0 Å². The number of benzene rings is 1. The fourth-order valence-corrected chi connectivity index (χ4v) is 1.66. The molecule has 4 nitrogen and oxygen atoms in total. The van der Waals surface area contributed by atoms with Crippen LogP contribution in [0.5, 0.6) is 0 Å². The third-order valence-electron chi connectivity index (χ3n) is 2.59. The molecule has 0 aliphatic rings. The first-order valence-corrected chi connectivity index (χ1v) is 6.34. The Morgan fingerprint density at radius 1 is 1.21 bits per heavy atom. The Labute approximate surface area is 113 Å². The van der Waals surface area contributed by atoms with Crippen molar-refractivity contribution in [3.05, 3.63) is 35.4 Å². The van der Waals surface area contributed by atoms with Crippen molar-refractivity contribution in [1.82, 2.24) is 0 Å². The lowest BCUT2D eigenvalue weighted by atomic mass is 10.0. The smallest absolute Gasteiger partial charge is 0.313 e. The highest BCUT2D eigenvalue weighted by Crippen LogP contribution is 2.18. The van der Waals surface area contributed by atoms with Gasteiger partial charge >= 0.3 is 5.97 Å². The molecule has 1 N–H and O–H groups in total. The summed E-state index contributed by atoms with van der Waals surface area (Å²) >= 11 is 0. The van der Waals surface area contributed by atoms with Gasteiger partial charge in [0.15, 0.2) is 0 Å². The Kier molecular flexibility index (Phi) is 5.70. The second-order valence-corrected chi connectivity index (χ2v) is 4.88. The molecule has 0 saturated heterocycles. The number of rotatable bonds is 6. The van der Waals surface area contributed by atoms with E-state index in [1.807, 2.05) is 19.1 Å². The monoisotopic (exact) mass is 264 g/mol. The summed E-state index contributed by atoms with van der Waals surface area (Å²) in [6, 6.07) is 7.30. The first-order chi connectivity index (χ1) is 8.88. The molecule has 0 saturated carbocycles. The lowest BCUT2D eigenvalue weighted by molar-refractivity contribution is -0.149. The zero-order valence-electron chi connectivity index (χ0n) is 11.6. The van der Waals surface area contributed by atoms with Crippen LogP contribution in [0.15, 0.2) is 24.3 Å². The number of carbonyl (C=O) groups is 2. The third kappa shape index (κ3) is 5.66. The van der Waals surface area contributed by atoms with Gasteiger partial charge in [0.1, 0.15) is 12.2 Å². The van der Waals surface area contributed by atoms with E-state index < -0.39 is 12.1 Å². The maximum atomic E-state index is 11.6. The van der Waals surface area contributed by atoms with Gasteiger partial charge in [0.2, 0.25) is 0 Å². The number of ketones is 1. The van der Waals surface area contributed by atoms with Gasteiger partial charge in [-0.05, 0) is 26.3 Å². The molecule has 0 fully saturated rings. The lowest BCUT2D eigenvalue weighted by Gasteiger charge is -2.11. The molecule has 0 heterocycles. The minimum absolute atomic E-state index is 0.0732. The minimum Gasteiger partial charge on any atom is -0.463 e. The minimum atomic E-state index is -0.875. The van der Waals surface area contributed by atoms with E-state index in [4.69, 9.17) is 4.74 Å². The van der Waals surface area contributed by atoms with Crippen molar-refractivity contribution in [1.29, 1.82) is 0 Å². The van der Waals surface area contributed by atoms with Crippen molar-refractivity contribution in [2.24, 2.45) is 0 Å². The van der Waals surface area contributed by atoms with E-state index in [1.165, 1.54) is 0 Å². The van der Waals surface area contributed by atoms with Gasteiger partial charge in [0.25, 0.3) is 0 Å². The van der Waals surface area contributed by atoms with E-state index in [2.05, 4.69) is 0 Å². The summed E-state index contributed by atoms with van der Waals surface area (Å²) in [6.45, 7) is 5.40. The normalized spacial score (nSPS) is 12.3. The van der Waals surface area contributed by atoms with Crippen molar-refractivity contribution in [2.45, 2.75) is 45.8 Å². The molecule has 0 aliphatic carbocycles. The predicted molar refractivity (Wildman–Crippen MR) is 71.6 cm³/mol. The molecule has 19 heavy (non-hydrogen) atoms. The van der Waals surface area contributed by atoms with Crippen molar-refractivity contribution in [3.8, 4) is 0 Å². The van der Waals surface area contributed by atoms with E-state index >= 15 is 0 Å². The molecule has 0 amide bonds. The van der Waals surface area contributed by atoms with Gasteiger partial charge in [0.05, 0.1) is 12.2 Å². The molecule has 1 aromatic rings. The number of ether oxygens (including phenoxy) is 1. The number of hydrogen-bond acceptors (Lipinski definition) is 4. The van der Waals surface area contributed by atoms with Crippen molar-refractivity contribution < 1.29 is 19.4 Å². The highest BCUT2D eigenvalue weighted by molar-refractivity contribution is 5.95. The second-order valence-electron chi connectivity index (χ2n) is 4.88. The predicted octanol–water partition coefficient (Wildman–Crippen LogP) is 2.33. The van der Waals surface area contributed by atoms with Crippen LogP contribution in [0.1, 0.15) is 43.9 Å². The molecule has 0 unspecified atom stereocenters. The van der Waals surface area contributed by atoms with Gasteiger partial charge in [-0.3, -0.25) is 9.59 Å². The Morgan fingerprint density at radius 3 is 2.32 bits per heavy atom. The summed E-state index contributed by atoms with van der Waals surface area (Å²) in [5, 5.41) is 9.90. The quantitative estimate of drug-likeness (QED) is 0.632. The maximum absolute atomic E-state index is 11.6. The average molecular weight is 264 g/mol. The molecule has 0 aromatic heterocycles. The van der Waals surface area contributed by atoms with Gasteiger partial charge in [-0.25, -0.2) is 0 Å². The number of aliphatic hydroxyl groups excluding tert-OH is 1. The number of aryl methyl sites for hydroxylation is 1. The van der Waals surface area contributed by atoms with Crippen LogP contribution < -0.4 is 0 Å². The number of carbonyl (C=O) groups excluding carboxylic acids is 2. The number of esters is 1. The van der Waals surface area contributed by atoms with Crippen molar-refractivity contribution in [2.75, 3.05) is 0 Å². The van der Waals surface area contributed by atoms with Gasteiger partial charge in [-0.2, -0.15) is 0 Å². The molecule has 0 radical (unpaired) electrons. The fraction of sp³-hybridized carbons (Fsp3) is 0.467. The van der Waals surface area contributed by atoms with Gasteiger partial charge in [-0.15, -0.1) is 0 Å². The zero-order chi connectivity index (χ0) is 14.4. The Morgan fingerprint density at radius 2 is 1.79 bits per heavy atom. The molecule has 0 spiro atoms. The first kappa shape index (κ1) is 15.4. The molecule has 0 aliphatic heterocycles. The zero-order valence-corrected chi connectivity index (χ0v) is 11.6. The number of hydrogen-bond donors (Lipinski definition) is 1. The molecule has 4 heteroatoms. The topological polar surface area (TPSA) is 63.6 Å². The number of Topliss-reactive ketones (excluding diaryl/α,β-unsaturated/α-hetero) is 1. The molecule has 0 bridgehead atoms. The third-order valence-corrected chi connectivity index (χ3v) is 2.59. The Balaban J connectivity index is 2.48. The molecule has 104 valence electrons. The number of aliphatic hydroxyl groups is 1. The Hall–Kier alpha value is -1.68. The maximum Gasteiger partial charge on any atom is 0.313 e. The van der Waals surface area contributed by atoms with Crippen molar-refractivity contribution in [3.63, 3.8) is 0 Å². The summed E-state index contributed by atoms with van der Waals surface area (Å²) in [6.07, 6.45) is -1.47. The van der Waals surface area contributed by atoms with Crippen LogP contribution in [-0.4, -0.2) is 23.0 Å². The highest BCUT2D eigenvalue weighted by Gasteiger charge is 2.17. The summed E-state index contributed by atoms with van der Waals surface area (Å²) in [5.41, 5.74) is 1.76. The standard InChI is InChI=1S/C15H20O4/c1-10(2)19-15(18)9-13(16)8-14(17)12-6-4-11(3)5-7-12/h4-7,10,14,17H,8-9H2,1-3H3/t14-/m0/s1. The molecule has 1 aromatic carbocycles. The Bertz CT molecular complexity index is 434. The van der Waals surface area contributed by atoms with E-state index in [-0.39, 0.29) is 24.7 Å². The van der Waals surface area contributed by atoms with Crippen LogP contribution in [0.4, 0.5) is 0 Å². The highest BCUT2D eigenvalue weighted by atomic mass is 16.5. The van der Waals surface area contributed by atoms with Crippen LogP contribution in [0.25, 0.3) is 0 Å². The van der Waals surface area contributed by atoms with Crippen LogP contribution in [-0.2, 0) is 14.3 Å². The largest absolute Gasteiger partial charge is 0.463 e. The molecule has 1 rings (SSSR count). The first-order valence-electron chi connectivity index (χ1n) is 6.34. The van der Waals surface area contributed by atoms with Gasteiger partial charge < -0.3 is 9.84 Å². The molecule has 1 atom stereocenters. The van der Waals surface area contributed by atoms with Crippen LogP contribution in [0.2, 0.25) is 0 Å². The molecular weight excluding hydrogens is 244 g/mol. The van der Waals surface area contributed by atoms with E-state index in [0.29, 0.717) is 5.56 Å². The van der Waals surface area contributed by atoms with Crippen LogP contribution in [0, 0.1) is 6.92 Å². The van der Waals surface area contributed by atoms with E-state index in [0.717, 1.165) is 5.56 Å². The summed E-state index contributed by atoms with van der Waals surface area (Å²) in [5.74, 6) is -0.866. The van der Waals surface area contributed by atoms with Crippen molar-refractivity contribution >= 4 is 11.8 Å². The van der Waals surface area contributed by atoms with Gasteiger partial charge in [0, 0.05) is 6.42 Å². The fourth-order valence-electron chi connectivity index (χ4n) is 1.66. The second kappa shape index (κ2) is 7.04. The average Bonchev–Trinajstić information content (AvgIpc) is 2.27. The van der Waals surface area contributed by atoms with Crippen LogP contribution in [0.3, 0.4) is 0 Å². The summed E-state index contributed by atoms with van der Waals surface area (Å²) < 4.78 is 4.88. The summed E-state index contributed by atoms with van der Waals surface area (Å²) in [7, 11) is 0. The summed E-state index contributed by atoms with van der Waals surface area (Å²) in [4.78, 5) is 22.9. The van der Waals surface area contributed by atoms with Gasteiger partial charge in [-0.1, -0.05) is 29.8 Å². The van der Waals surface area contributed by atoms with Crippen LogP contribution >= 0.6 is 0 Å².